The minimum absolute atomic E-state index is 0.152. The molecule has 0 amide bonds. The summed E-state index contributed by atoms with van der Waals surface area (Å²) in [6.45, 7) is 0.152. The van der Waals surface area contributed by atoms with Crippen LogP contribution in [-0.2, 0) is 9.47 Å². The molecule has 3 nitrogen and oxygen atoms in total. The van der Waals surface area contributed by atoms with E-state index in [-0.39, 0.29) is 6.61 Å². The lowest BCUT2D eigenvalue weighted by atomic mass is 10.7. The van der Waals surface area contributed by atoms with Crippen molar-refractivity contribution >= 4 is 6.16 Å². The Morgan fingerprint density at radius 1 is 1.71 bits per heavy atom. The van der Waals surface area contributed by atoms with E-state index in [2.05, 4.69) is 21.5 Å². The molecule has 3 heteroatoms. The van der Waals surface area contributed by atoms with E-state index >= 15 is 0 Å². The number of hydrogen-bond donors (Lipinski definition) is 0. The van der Waals surface area contributed by atoms with Gasteiger partial charge in [0.25, 0.3) is 0 Å². The summed E-state index contributed by atoms with van der Waals surface area (Å²) in [4.78, 5) is 9.92. The van der Waals surface area contributed by atoms with Crippen molar-refractivity contribution in [3.05, 3.63) is 0 Å². The Morgan fingerprint density at radius 3 is 2.86 bits per heavy atom. The molecular formula is C4H2O3. The minimum atomic E-state index is -0.709. The van der Waals surface area contributed by atoms with Crippen molar-refractivity contribution in [1.29, 1.82) is 0 Å². The molecule has 1 heterocycles. The first-order valence-corrected chi connectivity index (χ1v) is 1.71. The van der Waals surface area contributed by atoms with Gasteiger partial charge in [-0.25, -0.2) is 4.79 Å². The standard InChI is InChI=1S/C4H2O3/c5-4-6-2-1-3-7-4/h2H2. The maximum Gasteiger partial charge on any atom is 0.523 e. The first-order chi connectivity index (χ1) is 3.39. The second-order valence-corrected chi connectivity index (χ2v) is 0.920. The molecule has 1 aliphatic heterocycles. The zero-order valence-electron chi connectivity index (χ0n) is 3.43. The monoisotopic (exact) mass is 98.0 g/mol. The molecule has 0 atom stereocenters. The molecule has 1 rings (SSSR count). The molecule has 0 bridgehead atoms. The van der Waals surface area contributed by atoms with Gasteiger partial charge in [0.1, 0.15) is 6.11 Å². The van der Waals surface area contributed by atoms with Gasteiger partial charge in [-0.1, -0.05) is 0 Å². The quantitative estimate of drug-likeness (QED) is 0.318. The number of carbonyl (C=O) groups is 1. The minimum Gasteiger partial charge on any atom is -0.420 e. The SMILES string of the molecule is O=C1OC#CCO1. The van der Waals surface area contributed by atoms with Crippen LogP contribution in [0.5, 0.6) is 0 Å². The van der Waals surface area contributed by atoms with Crippen LogP contribution >= 0.6 is 0 Å². The van der Waals surface area contributed by atoms with E-state index in [1.807, 2.05) is 0 Å². The Morgan fingerprint density at radius 2 is 2.57 bits per heavy atom. The normalized spacial score (nSPS) is 15.7. The van der Waals surface area contributed by atoms with Crippen molar-refractivity contribution < 1.29 is 14.3 Å². The number of ether oxygens (including phenoxy) is 2. The van der Waals surface area contributed by atoms with Crippen molar-refractivity contribution in [1.82, 2.24) is 0 Å². The summed E-state index contributed by atoms with van der Waals surface area (Å²) in [7, 11) is 0. The van der Waals surface area contributed by atoms with Crippen LogP contribution < -0.4 is 0 Å². The summed E-state index contributed by atoms with van der Waals surface area (Å²) in [6.07, 6.45) is 1.40. The molecule has 0 unspecified atom stereocenters. The highest BCUT2D eigenvalue weighted by molar-refractivity contribution is 5.62. The lowest BCUT2D eigenvalue weighted by molar-refractivity contribution is 0.0951. The van der Waals surface area contributed by atoms with Crippen molar-refractivity contribution in [2.45, 2.75) is 0 Å². The van der Waals surface area contributed by atoms with Crippen LogP contribution in [0.4, 0.5) is 4.79 Å². The number of rotatable bonds is 0. The predicted octanol–water partition coefficient (Wildman–Crippen LogP) is 0.114. The molecule has 0 aromatic heterocycles. The Bertz CT molecular complexity index is 139. The second kappa shape index (κ2) is 1.52. The molecule has 0 saturated heterocycles. The van der Waals surface area contributed by atoms with E-state index in [0.717, 1.165) is 0 Å². The number of hydrogen-bond acceptors (Lipinski definition) is 3. The number of cyclic esters (lactones) is 2. The summed E-state index contributed by atoms with van der Waals surface area (Å²) in [5, 5.41) is 0. The third-order valence-electron chi connectivity index (χ3n) is 0.469. The van der Waals surface area contributed by atoms with E-state index < -0.39 is 6.16 Å². The van der Waals surface area contributed by atoms with Crippen molar-refractivity contribution in [2.75, 3.05) is 6.61 Å². The van der Waals surface area contributed by atoms with E-state index in [4.69, 9.17) is 0 Å². The Balaban J connectivity index is 2.55. The first-order valence-electron chi connectivity index (χ1n) is 1.71. The Kier molecular flexibility index (Phi) is 0.868. The molecule has 0 saturated carbocycles. The van der Waals surface area contributed by atoms with Gasteiger partial charge in [0.05, 0.1) is 0 Å². The number of carbonyl (C=O) groups excluding carboxylic acids is 1. The van der Waals surface area contributed by atoms with Gasteiger partial charge in [-0.05, 0) is 5.92 Å². The van der Waals surface area contributed by atoms with Crippen LogP contribution in [0.3, 0.4) is 0 Å². The third-order valence-corrected chi connectivity index (χ3v) is 0.469. The van der Waals surface area contributed by atoms with Crippen molar-refractivity contribution in [2.24, 2.45) is 0 Å². The van der Waals surface area contributed by atoms with Gasteiger partial charge in [-0.2, -0.15) is 0 Å². The molecule has 0 spiro atoms. The van der Waals surface area contributed by atoms with E-state index in [1.54, 1.807) is 0 Å². The van der Waals surface area contributed by atoms with Crippen LogP contribution in [-0.4, -0.2) is 12.8 Å². The summed E-state index contributed by atoms with van der Waals surface area (Å²) in [5.41, 5.74) is 0. The predicted molar refractivity (Wildman–Crippen MR) is 20.2 cm³/mol. The molecule has 0 aromatic carbocycles. The first kappa shape index (κ1) is 4.00. The Hall–Kier alpha value is -1.17. The van der Waals surface area contributed by atoms with Gasteiger partial charge in [0, 0.05) is 0 Å². The van der Waals surface area contributed by atoms with E-state index in [9.17, 15) is 4.79 Å². The van der Waals surface area contributed by atoms with Gasteiger partial charge >= 0.3 is 6.16 Å². The fraction of sp³-hybridized carbons (Fsp3) is 0.250. The molecule has 1 aliphatic rings. The van der Waals surface area contributed by atoms with Crippen LogP contribution in [0.15, 0.2) is 0 Å². The van der Waals surface area contributed by atoms with Gasteiger partial charge in [0.2, 0.25) is 0 Å². The summed E-state index contributed by atoms with van der Waals surface area (Å²) in [5.74, 6) is 2.40. The average Bonchev–Trinajstić information content (AvgIpc) is 1.69. The van der Waals surface area contributed by atoms with E-state index in [1.165, 1.54) is 0 Å². The zero-order valence-corrected chi connectivity index (χ0v) is 3.43. The molecule has 0 aromatic rings. The van der Waals surface area contributed by atoms with Crippen molar-refractivity contribution in [3.8, 4) is 12.0 Å². The molecule has 0 fully saturated rings. The summed E-state index contributed by atoms with van der Waals surface area (Å²) >= 11 is 0. The van der Waals surface area contributed by atoms with Crippen LogP contribution in [0, 0.1) is 12.0 Å². The van der Waals surface area contributed by atoms with E-state index in [0.29, 0.717) is 0 Å². The highest BCUT2D eigenvalue weighted by Gasteiger charge is 2.02. The largest absolute Gasteiger partial charge is 0.523 e. The highest BCUT2D eigenvalue weighted by Crippen LogP contribution is 1.85. The van der Waals surface area contributed by atoms with Crippen LogP contribution in [0.25, 0.3) is 0 Å². The molecule has 7 heavy (non-hydrogen) atoms. The highest BCUT2D eigenvalue weighted by atomic mass is 16.7. The lowest BCUT2D eigenvalue weighted by Gasteiger charge is -1.97. The fourth-order valence-corrected chi connectivity index (χ4v) is 0.232. The average molecular weight is 98.1 g/mol. The summed E-state index contributed by atoms with van der Waals surface area (Å²) < 4.78 is 8.30. The van der Waals surface area contributed by atoms with Gasteiger partial charge < -0.3 is 9.47 Å². The zero-order chi connectivity index (χ0) is 5.11. The maximum absolute atomic E-state index is 9.92. The fourth-order valence-electron chi connectivity index (χ4n) is 0.232. The molecular weight excluding hydrogens is 96.0 g/mol. The van der Waals surface area contributed by atoms with Crippen LogP contribution in [0.1, 0.15) is 0 Å². The third kappa shape index (κ3) is 0.829. The van der Waals surface area contributed by atoms with Gasteiger partial charge in [-0.15, -0.1) is 0 Å². The Labute approximate surface area is 40.2 Å². The van der Waals surface area contributed by atoms with Crippen LogP contribution in [0.2, 0.25) is 0 Å². The topological polar surface area (TPSA) is 35.5 Å². The van der Waals surface area contributed by atoms with Crippen molar-refractivity contribution in [3.63, 3.8) is 0 Å². The summed E-state index contributed by atoms with van der Waals surface area (Å²) in [6, 6.07) is 0. The smallest absolute Gasteiger partial charge is 0.420 e. The van der Waals surface area contributed by atoms with Gasteiger partial charge in [-0.3, -0.25) is 0 Å². The maximum atomic E-state index is 9.92. The molecule has 0 N–H and O–H groups in total. The molecule has 36 valence electrons. The van der Waals surface area contributed by atoms with Gasteiger partial charge in [0.15, 0.2) is 6.61 Å². The lowest BCUT2D eigenvalue weighted by Crippen LogP contribution is -2.07. The molecule has 0 aliphatic carbocycles. The molecule has 0 radical (unpaired) electrons. The second-order valence-electron chi connectivity index (χ2n) is 0.920.